The maximum absolute atomic E-state index is 4.48. The summed E-state index contributed by atoms with van der Waals surface area (Å²) in [5.74, 6) is 0. The van der Waals surface area contributed by atoms with Crippen molar-refractivity contribution in [3.8, 4) is 0 Å². The van der Waals surface area contributed by atoms with E-state index in [9.17, 15) is 0 Å². The first-order valence-corrected chi connectivity index (χ1v) is 4.41. The highest BCUT2D eigenvalue weighted by atomic mass is 14.8. The second-order valence-electron chi connectivity index (χ2n) is 2.94. The number of aromatic nitrogens is 1. The minimum absolute atomic E-state index is 0.917. The first-order chi connectivity index (χ1) is 5.90. The summed E-state index contributed by atoms with van der Waals surface area (Å²) in [5.41, 5.74) is 1.15. The fourth-order valence-electron chi connectivity index (χ4n) is 1.38. The van der Waals surface area contributed by atoms with Gasteiger partial charge in [0.05, 0.1) is 10.7 Å². The van der Waals surface area contributed by atoms with E-state index in [0.717, 1.165) is 35.8 Å². The molecule has 0 amide bonds. The fraction of sp³-hybridized carbons (Fsp3) is 0.400. The summed E-state index contributed by atoms with van der Waals surface area (Å²) in [6, 6.07) is 4.12. The molecular formula is C10H12N2. The molecule has 2 nitrogen and oxygen atoms in total. The molecule has 0 N–H and O–H groups in total. The maximum Gasteiger partial charge on any atom is 0.0845 e. The Morgan fingerprint density at radius 3 is 3.17 bits per heavy atom. The molecule has 0 saturated carbocycles. The van der Waals surface area contributed by atoms with Crippen LogP contribution in [0.1, 0.15) is 19.0 Å². The molecule has 0 spiro atoms. The summed E-state index contributed by atoms with van der Waals surface area (Å²) < 4.78 is 0. The van der Waals surface area contributed by atoms with Crippen molar-refractivity contribution in [2.24, 2.45) is 4.99 Å². The van der Waals surface area contributed by atoms with Crippen LogP contribution in [-0.2, 0) is 6.42 Å². The fourth-order valence-corrected chi connectivity index (χ4v) is 1.38. The summed E-state index contributed by atoms with van der Waals surface area (Å²) in [6.07, 6.45) is 4.20. The van der Waals surface area contributed by atoms with E-state index in [0.29, 0.717) is 0 Å². The van der Waals surface area contributed by atoms with E-state index in [-0.39, 0.29) is 0 Å². The predicted molar refractivity (Wildman–Crippen MR) is 48.3 cm³/mol. The molecule has 1 aliphatic rings. The van der Waals surface area contributed by atoms with Gasteiger partial charge in [0.2, 0.25) is 0 Å². The standard InChI is InChI=1S/C10H12N2/c1-2-8-5-6-9-10(12-8)4-3-7-11-9/h4-6H,2-3,7H2,1H3. The highest BCUT2D eigenvalue weighted by Crippen LogP contribution is 1.90. The van der Waals surface area contributed by atoms with E-state index in [1.165, 1.54) is 0 Å². The van der Waals surface area contributed by atoms with Crippen molar-refractivity contribution < 1.29 is 0 Å². The van der Waals surface area contributed by atoms with E-state index in [4.69, 9.17) is 0 Å². The maximum atomic E-state index is 4.48. The Balaban J connectivity index is 2.65. The van der Waals surface area contributed by atoms with Crippen LogP contribution in [0.25, 0.3) is 6.08 Å². The molecule has 0 radical (unpaired) electrons. The molecule has 2 rings (SSSR count). The lowest BCUT2D eigenvalue weighted by Gasteiger charge is -2.00. The molecule has 0 aromatic carbocycles. The predicted octanol–water partition coefficient (Wildman–Crippen LogP) is 0.448. The Hall–Kier alpha value is -1.18. The average Bonchev–Trinajstić information content (AvgIpc) is 2.17. The summed E-state index contributed by atoms with van der Waals surface area (Å²) in [5, 5.41) is 2.12. The lowest BCUT2D eigenvalue weighted by molar-refractivity contribution is 0.912. The number of fused-ring (bicyclic) bond motifs is 1. The highest BCUT2D eigenvalue weighted by molar-refractivity contribution is 5.22. The number of pyridine rings is 1. The molecule has 12 heavy (non-hydrogen) atoms. The normalized spacial score (nSPS) is 14.4. The quantitative estimate of drug-likeness (QED) is 0.585. The molecular weight excluding hydrogens is 148 g/mol. The van der Waals surface area contributed by atoms with Crippen LogP contribution in [0.5, 0.6) is 0 Å². The highest BCUT2D eigenvalue weighted by Gasteiger charge is 1.96. The van der Waals surface area contributed by atoms with Crippen molar-refractivity contribution in [3.63, 3.8) is 0 Å². The lowest BCUT2D eigenvalue weighted by Crippen LogP contribution is -2.31. The molecule has 0 aliphatic carbocycles. The van der Waals surface area contributed by atoms with E-state index in [1.807, 2.05) is 0 Å². The molecule has 0 fully saturated rings. The van der Waals surface area contributed by atoms with Gasteiger partial charge in [0.1, 0.15) is 0 Å². The molecule has 0 saturated heterocycles. The third-order valence-electron chi connectivity index (χ3n) is 2.07. The Labute approximate surface area is 71.7 Å². The minimum Gasteiger partial charge on any atom is -0.283 e. The van der Waals surface area contributed by atoms with Crippen molar-refractivity contribution >= 4 is 6.08 Å². The first kappa shape index (κ1) is 7.47. The minimum atomic E-state index is 0.917. The van der Waals surface area contributed by atoms with Gasteiger partial charge in [-0.05, 0) is 25.0 Å². The van der Waals surface area contributed by atoms with Gasteiger partial charge in [-0.3, -0.25) is 9.98 Å². The van der Waals surface area contributed by atoms with Crippen molar-refractivity contribution in [3.05, 3.63) is 28.5 Å². The zero-order chi connectivity index (χ0) is 8.39. The molecule has 2 heteroatoms. The van der Waals surface area contributed by atoms with E-state index >= 15 is 0 Å². The Morgan fingerprint density at radius 2 is 2.33 bits per heavy atom. The summed E-state index contributed by atoms with van der Waals surface area (Å²) in [4.78, 5) is 8.86. The van der Waals surface area contributed by atoms with Gasteiger partial charge in [-0.25, -0.2) is 0 Å². The molecule has 62 valence electrons. The summed E-state index contributed by atoms with van der Waals surface area (Å²) in [7, 11) is 0. The molecule has 1 aliphatic heterocycles. The van der Waals surface area contributed by atoms with Gasteiger partial charge >= 0.3 is 0 Å². The smallest absolute Gasteiger partial charge is 0.0845 e. The Morgan fingerprint density at radius 1 is 1.42 bits per heavy atom. The summed E-state index contributed by atoms with van der Waals surface area (Å²) in [6.45, 7) is 3.04. The van der Waals surface area contributed by atoms with Crippen LogP contribution in [0, 0.1) is 0 Å². The summed E-state index contributed by atoms with van der Waals surface area (Å²) >= 11 is 0. The molecule has 1 aromatic heterocycles. The van der Waals surface area contributed by atoms with Crippen molar-refractivity contribution in [2.75, 3.05) is 6.54 Å². The van der Waals surface area contributed by atoms with Crippen LogP contribution in [-0.4, -0.2) is 11.5 Å². The third kappa shape index (κ3) is 1.24. The number of nitrogens with zero attached hydrogens (tertiary/aromatic N) is 2. The van der Waals surface area contributed by atoms with Gasteiger partial charge in [0.15, 0.2) is 0 Å². The van der Waals surface area contributed by atoms with Gasteiger partial charge in [-0.1, -0.05) is 13.0 Å². The second kappa shape index (κ2) is 3.05. The van der Waals surface area contributed by atoms with Crippen molar-refractivity contribution in [1.82, 2.24) is 4.98 Å². The topological polar surface area (TPSA) is 25.2 Å². The molecule has 2 heterocycles. The van der Waals surface area contributed by atoms with Crippen molar-refractivity contribution in [1.29, 1.82) is 0 Å². The monoisotopic (exact) mass is 160 g/mol. The lowest BCUT2D eigenvalue weighted by atomic mass is 10.2. The van der Waals surface area contributed by atoms with E-state index in [2.05, 4.69) is 35.1 Å². The Kier molecular flexibility index (Phi) is 1.90. The molecule has 0 bridgehead atoms. The van der Waals surface area contributed by atoms with Gasteiger partial charge in [0, 0.05) is 12.2 Å². The van der Waals surface area contributed by atoms with Crippen LogP contribution in [0.15, 0.2) is 17.1 Å². The van der Waals surface area contributed by atoms with Crippen molar-refractivity contribution in [2.45, 2.75) is 19.8 Å². The second-order valence-corrected chi connectivity index (χ2v) is 2.94. The largest absolute Gasteiger partial charge is 0.283 e. The molecule has 0 unspecified atom stereocenters. The van der Waals surface area contributed by atoms with E-state index < -0.39 is 0 Å². The van der Waals surface area contributed by atoms with Crippen LogP contribution in [0.2, 0.25) is 0 Å². The van der Waals surface area contributed by atoms with Crippen LogP contribution in [0.3, 0.4) is 0 Å². The number of hydrogen-bond acceptors (Lipinski definition) is 2. The first-order valence-electron chi connectivity index (χ1n) is 4.41. The van der Waals surface area contributed by atoms with Crippen LogP contribution < -0.4 is 10.7 Å². The van der Waals surface area contributed by atoms with Crippen LogP contribution >= 0.6 is 0 Å². The van der Waals surface area contributed by atoms with E-state index in [1.54, 1.807) is 0 Å². The Bertz CT molecular complexity index is 393. The van der Waals surface area contributed by atoms with Crippen LogP contribution in [0.4, 0.5) is 0 Å². The third-order valence-corrected chi connectivity index (χ3v) is 2.07. The SMILES string of the molecule is CCc1ccc2c(n1)=CCCN=2. The van der Waals surface area contributed by atoms with Gasteiger partial charge in [-0.15, -0.1) is 0 Å². The number of rotatable bonds is 1. The van der Waals surface area contributed by atoms with Gasteiger partial charge < -0.3 is 0 Å². The van der Waals surface area contributed by atoms with Gasteiger partial charge in [-0.2, -0.15) is 0 Å². The number of hydrogen-bond donors (Lipinski definition) is 0. The average molecular weight is 160 g/mol. The number of aryl methyl sites for hydroxylation is 1. The molecule has 0 atom stereocenters. The van der Waals surface area contributed by atoms with Gasteiger partial charge in [0.25, 0.3) is 0 Å². The zero-order valence-corrected chi connectivity index (χ0v) is 7.25. The zero-order valence-electron chi connectivity index (χ0n) is 7.25. The molecule has 1 aromatic rings.